The maximum atomic E-state index is 12.1. The van der Waals surface area contributed by atoms with E-state index in [0.717, 1.165) is 35.2 Å². The lowest BCUT2D eigenvalue weighted by Crippen LogP contribution is -2.41. The summed E-state index contributed by atoms with van der Waals surface area (Å²) >= 11 is 3.54. The first-order valence-electron chi connectivity index (χ1n) is 6.71. The van der Waals surface area contributed by atoms with Crippen molar-refractivity contribution in [1.82, 2.24) is 15.6 Å². The van der Waals surface area contributed by atoms with E-state index < -0.39 is 0 Å². The zero-order valence-corrected chi connectivity index (χ0v) is 15.5. The van der Waals surface area contributed by atoms with Gasteiger partial charge in [0, 0.05) is 41.6 Å². The second-order valence-electron chi connectivity index (χ2n) is 4.79. The SMILES string of the molecule is CCC(NC(=O)CC1CSCCN1)c1nc(C)cs1.Cl.Cl. The molecule has 2 unspecified atom stereocenters. The van der Waals surface area contributed by atoms with Crippen LogP contribution in [0.1, 0.15) is 36.5 Å². The van der Waals surface area contributed by atoms with Crippen LogP contribution in [0.2, 0.25) is 0 Å². The van der Waals surface area contributed by atoms with Crippen molar-refractivity contribution in [3.63, 3.8) is 0 Å². The van der Waals surface area contributed by atoms with Crippen molar-refractivity contribution in [2.24, 2.45) is 0 Å². The third kappa shape index (κ3) is 6.74. The molecule has 1 saturated heterocycles. The molecule has 1 aliphatic rings. The minimum absolute atomic E-state index is 0. The van der Waals surface area contributed by atoms with Crippen molar-refractivity contribution in [2.75, 3.05) is 18.1 Å². The van der Waals surface area contributed by atoms with E-state index in [1.165, 1.54) is 0 Å². The fourth-order valence-corrected chi connectivity index (χ4v) is 3.98. The van der Waals surface area contributed by atoms with Crippen LogP contribution in [0, 0.1) is 6.92 Å². The number of rotatable bonds is 5. The van der Waals surface area contributed by atoms with Crippen molar-refractivity contribution in [2.45, 2.75) is 38.8 Å². The lowest BCUT2D eigenvalue weighted by Gasteiger charge is -2.23. The Bertz CT molecular complexity index is 425. The Morgan fingerprint density at radius 2 is 2.33 bits per heavy atom. The minimum atomic E-state index is 0. The average Bonchev–Trinajstić information content (AvgIpc) is 2.83. The Hall–Kier alpha value is -0.0100. The highest BCUT2D eigenvalue weighted by Crippen LogP contribution is 2.21. The predicted molar refractivity (Wildman–Crippen MR) is 96.3 cm³/mol. The van der Waals surface area contributed by atoms with E-state index in [1.54, 1.807) is 11.3 Å². The molecule has 1 fully saturated rings. The Kier molecular flexibility index (Phi) is 10.7. The van der Waals surface area contributed by atoms with Gasteiger partial charge < -0.3 is 10.6 Å². The van der Waals surface area contributed by atoms with Gasteiger partial charge in [-0.3, -0.25) is 4.79 Å². The molecule has 0 aromatic carbocycles. The number of thiazole rings is 1. The molecule has 8 heteroatoms. The first-order chi connectivity index (χ1) is 9.19. The molecule has 21 heavy (non-hydrogen) atoms. The van der Waals surface area contributed by atoms with Gasteiger partial charge >= 0.3 is 0 Å². The Balaban J connectivity index is 0.00000200. The highest BCUT2D eigenvalue weighted by Gasteiger charge is 2.20. The summed E-state index contributed by atoms with van der Waals surface area (Å²) < 4.78 is 0. The van der Waals surface area contributed by atoms with Crippen LogP contribution in [0.3, 0.4) is 0 Å². The lowest BCUT2D eigenvalue weighted by molar-refractivity contribution is -0.122. The molecule has 1 amide bonds. The summed E-state index contributed by atoms with van der Waals surface area (Å²) in [6.45, 7) is 5.07. The molecule has 2 heterocycles. The topological polar surface area (TPSA) is 54.0 Å². The number of aryl methyl sites for hydroxylation is 1. The molecule has 4 nitrogen and oxygen atoms in total. The molecule has 0 aliphatic carbocycles. The Labute approximate surface area is 147 Å². The van der Waals surface area contributed by atoms with Crippen molar-refractivity contribution in [3.05, 3.63) is 16.1 Å². The quantitative estimate of drug-likeness (QED) is 0.835. The average molecular weight is 372 g/mol. The van der Waals surface area contributed by atoms with Gasteiger partial charge in [0.1, 0.15) is 5.01 Å². The third-order valence-corrected chi connectivity index (χ3v) is 5.32. The van der Waals surface area contributed by atoms with Gasteiger partial charge in [0.25, 0.3) is 0 Å². The number of amides is 1. The van der Waals surface area contributed by atoms with Crippen LogP contribution >= 0.6 is 47.9 Å². The maximum Gasteiger partial charge on any atom is 0.222 e. The number of carbonyl (C=O) groups excluding carboxylic acids is 1. The van der Waals surface area contributed by atoms with E-state index in [9.17, 15) is 4.79 Å². The van der Waals surface area contributed by atoms with E-state index in [4.69, 9.17) is 0 Å². The summed E-state index contributed by atoms with van der Waals surface area (Å²) in [6, 6.07) is 0.372. The van der Waals surface area contributed by atoms with Crippen molar-refractivity contribution in [1.29, 1.82) is 0 Å². The molecule has 0 spiro atoms. The van der Waals surface area contributed by atoms with Crippen LogP contribution < -0.4 is 10.6 Å². The number of hydrogen-bond donors (Lipinski definition) is 2. The molecule has 2 N–H and O–H groups in total. The van der Waals surface area contributed by atoms with Crippen molar-refractivity contribution < 1.29 is 4.79 Å². The normalized spacial score (nSPS) is 19.0. The van der Waals surface area contributed by atoms with Crippen LogP contribution in [0.15, 0.2) is 5.38 Å². The van der Waals surface area contributed by atoms with Crippen molar-refractivity contribution >= 4 is 53.8 Å². The zero-order valence-electron chi connectivity index (χ0n) is 12.3. The molecule has 0 bridgehead atoms. The van der Waals surface area contributed by atoms with Gasteiger partial charge in [0.2, 0.25) is 5.91 Å². The highest BCUT2D eigenvalue weighted by molar-refractivity contribution is 7.99. The van der Waals surface area contributed by atoms with Crippen LogP contribution in [-0.2, 0) is 4.79 Å². The monoisotopic (exact) mass is 371 g/mol. The van der Waals surface area contributed by atoms with Crippen LogP contribution in [-0.4, -0.2) is 35.0 Å². The van der Waals surface area contributed by atoms with Gasteiger partial charge in [-0.2, -0.15) is 11.8 Å². The van der Waals surface area contributed by atoms with Crippen LogP contribution in [0.5, 0.6) is 0 Å². The number of nitrogens with one attached hydrogen (secondary N) is 2. The molecular formula is C13H23Cl2N3OS2. The van der Waals surface area contributed by atoms with Crippen LogP contribution in [0.4, 0.5) is 0 Å². The summed E-state index contributed by atoms with van der Waals surface area (Å²) in [7, 11) is 0. The molecule has 1 aliphatic heterocycles. The van der Waals surface area contributed by atoms with Gasteiger partial charge in [0.05, 0.1) is 6.04 Å². The molecule has 0 radical (unpaired) electrons. The standard InChI is InChI=1S/C13H21N3OS2.2ClH/c1-3-11(13-15-9(2)7-19-13)16-12(17)6-10-8-18-5-4-14-10;;/h7,10-11,14H,3-6,8H2,1-2H3,(H,16,17);2*1H. The summed E-state index contributed by atoms with van der Waals surface area (Å²) in [5, 5.41) is 9.54. The molecule has 1 aromatic heterocycles. The van der Waals surface area contributed by atoms with Crippen molar-refractivity contribution in [3.8, 4) is 0 Å². The molecule has 122 valence electrons. The fraction of sp³-hybridized carbons (Fsp3) is 0.692. The molecule has 0 saturated carbocycles. The Morgan fingerprint density at radius 1 is 1.57 bits per heavy atom. The predicted octanol–water partition coefficient (Wildman–Crippen LogP) is 2.96. The number of carbonyl (C=O) groups is 1. The summed E-state index contributed by atoms with van der Waals surface area (Å²) in [5.74, 6) is 2.30. The molecule has 1 aromatic rings. The van der Waals surface area contributed by atoms with Gasteiger partial charge in [-0.05, 0) is 13.3 Å². The summed E-state index contributed by atoms with van der Waals surface area (Å²) in [6.07, 6.45) is 1.44. The number of aromatic nitrogens is 1. The van der Waals surface area contributed by atoms with Crippen LogP contribution in [0.25, 0.3) is 0 Å². The molecular weight excluding hydrogens is 349 g/mol. The van der Waals surface area contributed by atoms with Gasteiger partial charge in [0.15, 0.2) is 0 Å². The van der Waals surface area contributed by atoms with Gasteiger partial charge in [-0.25, -0.2) is 4.98 Å². The van der Waals surface area contributed by atoms with E-state index in [2.05, 4.69) is 22.5 Å². The summed E-state index contributed by atoms with van der Waals surface area (Å²) in [4.78, 5) is 16.5. The number of nitrogens with zero attached hydrogens (tertiary/aromatic N) is 1. The molecule has 2 atom stereocenters. The van der Waals surface area contributed by atoms with E-state index in [-0.39, 0.29) is 36.8 Å². The van der Waals surface area contributed by atoms with E-state index >= 15 is 0 Å². The van der Waals surface area contributed by atoms with Gasteiger partial charge in [-0.15, -0.1) is 36.2 Å². The fourth-order valence-electron chi connectivity index (χ4n) is 2.10. The lowest BCUT2D eigenvalue weighted by atomic mass is 10.2. The second-order valence-corrected chi connectivity index (χ2v) is 6.83. The maximum absolute atomic E-state index is 12.1. The first-order valence-corrected chi connectivity index (χ1v) is 8.75. The minimum Gasteiger partial charge on any atom is -0.347 e. The third-order valence-electron chi connectivity index (χ3n) is 3.11. The summed E-state index contributed by atoms with van der Waals surface area (Å²) in [5.41, 5.74) is 1.03. The smallest absolute Gasteiger partial charge is 0.222 e. The molecule has 2 rings (SSSR count). The van der Waals surface area contributed by atoms with Gasteiger partial charge in [-0.1, -0.05) is 6.92 Å². The zero-order chi connectivity index (χ0) is 13.7. The number of halogens is 2. The van der Waals surface area contributed by atoms with E-state index in [0.29, 0.717) is 12.5 Å². The second kappa shape index (κ2) is 10.7. The number of thioether (sulfide) groups is 1. The largest absolute Gasteiger partial charge is 0.347 e. The number of hydrogen-bond acceptors (Lipinski definition) is 5. The first kappa shape index (κ1) is 21.0. The Morgan fingerprint density at radius 3 is 2.86 bits per heavy atom. The highest BCUT2D eigenvalue weighted by atomic mass is 35.5. The van der Waals surface area contributed by atoms with E-state index in [1.807, 2.05) is 24.1 Å².